The molecule has 0 unspecified atom stereocenters. The number of furan rings is 1. The van der Waals surface area contributed by atoms with Crippen LogP contribution in [0.5, 0.6) is 0 Å². The molecule has 0 saturated carbocycles. The first kappa shape index (κ1) is 17.7. The Balaban J connectivity index is 1.70. The van der Waals surface area contributed by atoms with Gasteiger partial charge >= 0.3 is 0 Å². The molecule has 5 nitrogen and oxygen atoms in total. The minimum Gasteiger partial charge on any atom is -0.466 e. The van der Waals surface area contributed by atoms with Crippen molar-refractivity contribution in [2.45, 2.75) is 36.8 Å². The molecule has 134 valence electrons. The molecule has 1 amide bonds. The van der Waals surface area contributed by atoms with Crippen molar-refractivity contribution in [2.75, 3.05) is 13.1 Å². The summed E-state index contributed by atoms with van der Waals surface area (Å²) in [7, 11) is -3.52. The van der Waals surface area contributed by atoms with Crippen LogP contribution in [0.4, 0.5) is 4.39 Å². The second-order valence-corrected chi connectivity index (χ2v) is 8.55. The summed E-state index contributed by atoms with van der Waals surface area (Å²) in [6.07, 6.45) is 0.725. The molecule has 3 rings (SSSR count). The first-order chi connectivity index (χ1) is 11.8. The standard InChI is InChI=1S/C18H20FNO4S/c1-12-11-17(13(2)24-12)18(21)20-9-7-16(8-10-20)25(22,23)15-5-3-14(19)4-6-15/h3-6,11,16H,7-10H2,1-2H3. The summed E-state index contributed by atoms with van der Waals surface area (Å²) in [5.41, 5.74) is 0.525. The number of amides is 1. The zero-order chi connectivity index (χ0) is 18.2. The number of carbonyl (C=O) groups is 1. The monoisotopic (exact) mass is 365 g/mol. The maximum atomic E-state index is 13.0. The van der Waals surface area contributed by atoms with Gasteiger partial charge in [-0.3, -0.25) is 4.79 Å². The molecule has 1 fully saturated rings. The van der Waals surface area contributed by atoms with Crippen LogP contribution in [0.1, 0.15) is 34.7 Å². The fourth-order valence-electron chi connectivity index (χ4n) is 3.20. The number of halogens is 1. The molecule has 1 aliphatic heterocycles. The van der Waals surface area contributed by atoms with Crippen LogP contribution in [0.25, 0.3) is 0 Å². The number of benzene rings is 1. The van der Waals surface area contributed by atoms with Gasteiger partial charge in [-0.15, -0.1) is 0 Å². The van der Waals surface area contributed by atoms with Crippen molar-refractivity contribution in [1.82, 2.24) is 4.90 Å². The smallest absolute Gasteiger partial charge is 0.257 e. The van der Waals surface area contributed by atoms with Crippen molar-refractivity contribution in [3.8, 4) is 0 Å². The van der Waals surface area contributed by atoms with Gasteiger partial charge in [0, 0.05) is 13.1 Å². The molecular weight excluding hydrogens is 345 g/mol. The summed E-state index contributed by atoms with van der Waals surface area (Å²) >= 11 is 0. The lowest BCUT2D eigenvalue weighted by Crippen LogP contribution is -2.42. The summed E-state index contributed by atoms with van der Waals surface area (Å²) < 4.78 is 43.7. The van der Waals surface area contributed by atoms with Gasteiger partial charge in [-0.1, -0.05) is 0 Å². The van der Waals surface area contributed by atoms with Crippen LogP contribution in [0.3, 0.4) is 0 Å². The minimum atomic E-state index is -3.52. The first-order valence-corrected chi connectivity index (χ1v) is 9.69. The molecule has 1 aliphatic rings. The lowest BCUT2D eigenvalue weighted by atomic mass is 10.1. The van der Waals surface area contributed by atoms with E-state index in [1.807, 2.05) is 0 Å². The quantitative estimate of drug-likeness (QED) is 0.784. The van der Waals surface area contributed by atoms with Crippen molar-refractivity contribution in [1.29, 1.82) is 0 Å². The topological polar surface area (TPSA) is 67.6 Å². The minimum absolute atomic E-state index is 0.125. The highest BCUT2D eigenvalue weighted by Crippen LogP contribution is 2.26. The van der Waals surface area contributed by atoms with E-state index in [-0.39, 0.29) is 10.8 Å². The Morgan fingerprint density at radius 1 is 1.16 bits per heavy atom. The average Bonchev–Trinajstić information content (AvgIpc) is 2.93. The van der Waals surface area contributed by atoms with E-state index in [0.29, 0.717) is 43.0 Å². The predicted octanol–water partition coefficient (Wildman–Crippen LogP) is 3.11. The first-order valence-electron chi connectivity index (χ1n) is 8.15. The predicted molar refractivity (Wildman–Crippen MR) is 90.7 cm³/mol. The number of hydrogen-bond acceptors (Lipinski definition) is 4. The molecule has 0 radical (unpaired) electrons. The molecule has 0 N–H and O–H groups in total. The van der Waals surface area contributed by atoms with Gasteiger partial charge in [0.25, 0.3) is 5.91 Å². The Bertz CT molecular complexity index is 878. The molecule has 25 heavy (non-hydrogen) atoms. The van der Waals surface area contributed by atoms with Crippen molar-refractivity contribution < 1.29 is 22.0 Å². The molecule has 0 bridgehead atoms. The van der Waals surface area contributed by atoms with Crippen molar-refractivity contribution >= 4 is 15.7 Å². The normalized spacial score (nSPS) is 16.2. The van der Waals surface area contributed by atoms with E-state index >= 15 is 0 Å². The highest BCUT2D eigenvalue weighted by Gasteiger charge is 2.33. The molecule has 2 heterocycles. The summed E-state index contributed by atoms with van der Waals surface area (Å²) in [5.74, 6) is 0.648. The van der Waals surface area contributed by atoms with E-state index in [2.05, 4.69) is 0 Å². The van der Waals surface area contributed by atoms with Crippen LogP contribution in [0.15, 0.2) is 39.6 Å². The Morgan fingerprint density at radius 3 is 2.28 bits per heavy atom. The number of piperidine rings is 1. The Kier molecular flexibility index (Phi) is 4.69. The summed E-state index contributed by atoms with van der Waals surface area (Å²) in [6, 6.07) is 6.59. The van der Waals surface area contributed by atoms with E-state index < -0.39 is 20.9 Å². The van der Waals surface area contributed by atoms with Gasteiger partial charge < -0.3 is 9.32 Å². The van der Waals surface area contributed by atoms with Crippen LogP contribution >= 0.6 is 0 Å². The molecular formula is C18H20FNO4S. The van der Waals surface area contributed by atoms with Crippen LogP contribution in [0, 0.1) is 19.7 Å². The summed E-state index contributed by atoms with van der Waals surface area (Å²) in [6.45, 7) is 4.26. The number of rotatable bonds is 3. The molecule has 0 aliphatic carbocycles. The lowest BCUT2D eigenvalue weighted by Gasteiger charge is -2.31. The number of hydrogen-bond donors (Lipinski definition) is 0. The SMILES string of the molecule is Cc1cc(C(=O)N2CCC(S(=O)(=O)c3ccc(F)cc3)CC2)c(C)o1. The third kappa shape index (κ3) is 3.46. The van der Waals surface area contributed by atoms with E-state index in [1.54, 1.807) is 24.8 Å². The molecule has 0 spiro atoms. The Labute approximate surface area is 146 Å². The largest absolute Gasteiger partial charge is 0.466 e. The Morgan fingerprint density at radius 2 is 1.76 bits per heavy atom. The van der Waals surface area contributed by atoms with E-state index in [1.165, 1.54) is 12.1 Å². The average molecular weight is 365 g/mol. The van der Waals surface area contributed by atoms with Crippen molar-refractivity contribution in [3.63, 3.8) is 0 Å². The van der Waals surface area contributed by atoms with Crippen molar-refractivity contribution in [2.24, 2.45) is 0 Å². The highest BCUT2D eigenvalue weighted by atomic mass is 32.2. The van der Waals surface area contributed by atoms with Crippen LogP contribution in [-0.4, -0.2) is 37.6 Å². The number of aryl methyl sites for hydroxylation is 2. The number of sulfone groups is 1. The van der Waals surface area contributed by atoms with Gasteiger partial charge in [-0.25, -0.2) is 12.8 Å². The van der Waals surface area contributed by atoms with Gasteiger partial charge in [-0.2, -0.15) is 0 Å². The van der Waals surface area contributed by atoms with E-state index in [0.717, 1.165) is 12.1 Å². The van der Waals surface area contributed by atoms with Crippen LogP contribution in [-0.2, 0) is 9.84 Å². The van der Waals surface area contributed by atoms with Gasteiger partial charge in [-0.05, 0) is 57.0 Å². The third-order valence-corrected chi connectivity index (χ3v) is 6.86. The number of carbonyl (C=O) groups excluding carboxylic acids is 1. The Hall–Kier alpha value is -2.15. The highest BCUT2D eigenvalue weighted by molar-refractivity contribution is 7.92. The van der Waals surface area contributed by atoms with Gasteiger partial charge in [0.1, 0.15) is 17.3 Å². The number of likely N-dealkylation sites (tertiary alicyclic amines) is 1. The molecule has 1 aromatic heterocycles. The number of nitrogens with zero attached hydrogens (tertiary/aromatic N) is 1. The molecule has 2 aromatic rings. The molecule has 1 aromatic carbocycles. The fraction of sp³-hybridized carbons (Fsp3) is 0.389. The van der Waals surface area contributed by atoms with E-state index in [4.69, 9.17) is 4.42 Å². The van der Waals surface area contributed by atoms with Gasteiger partial charge in [0.05, 0.1) is 15.7 Å². The maximum Gasteiger partial charge on any atom is 0.257 e. The summed E-state index contributed by atoms with van der Waals surface area (Å²) in [4.78, 5) is 14.4. The molecule has 1 saturated heterocycles. The zero-order valence-corrected chi connectivity index (χ0v) is 15.0. The van der Waals surface area contributed by atoms with Gasteiger partial charge in [0.2, 0.25) is 0 Å². The van der Waals surface area contributed by atoms with Crippen LogP contribution in [0.2, 0.25) is 0 Å². The zero-order valence-electron chi connectivity index (χ0n) is 14.2. The second-order valence-electron chi connectivity index (χ2n) is 6.32. The van der Waals surface area contributed by atoms with Gasteiger partial charge in [0.15, 0.2) is 9.84 Å². The lowest BCUT2D eigenvalue weighted by molar-refractivity contribution is 0.0724. The second kappa shape index (κ2) is 6.63. The van der Waals surface area contributed by atoms with E-state index in [9.17, 15) is 17.6 Å². The molecule has 0 atom stereocenters. The van der Waals surface area contributed by atoms with Crippen molar-refractivity contribution in [3.05, 3.63) is 53.2 Å². The fourth-order valence-corrected chi connectivity index (χ4v) is 4.93. The van der Waals surface area contributed by atoms with Crippen LogP contribution < -0.4 is 0 Å². The maximum absolute atomic E-state index is 13.0. The third-order valence-electron chi connectivity index (χ3n) is 4.58. The molecule has 7 heteroatoms. The summed E-state index contributed by atoms with van der Waals surface area (Å²) in [5, 5.41) is -0.561.